The van der Waals surface area contributed by atoms with Crippen LogP contribution in [0.2, 0.25) is 0 Å². The molecule has 19 heavy (non-hydrogen) atoms. The maximum absolute atomic E-state index is 12.2. The van der Waals surface area contributed by atoms with Crippen molar-refractivity contribution < 1.29 is 9.53 Å². The van der Waals surface area contributed by atoms with Gasteiger partial charge in [0.15, 0.2) is 5.13 Å². The van der Waals surface area contributed by atoms with Crippen LogP contribution in [0.15, 0.2) is 5.38 Å². The van der Waals surface area contributed by atoms with Gasteiger partial charge in [0.1, 0.15) is 0 Å². The summed E-state index contributed by atoms with van der Waals surface area (Å²) in [5.74, 6) is -0.168. The highest BCUT2D eigenvalue weighted by atomic mass is 32.1. The van der Waals surface area contributed by atoms with Gasteiger partial charge in [0.05, 0.1) is 24.8 Å². The van der Waals surface area contributed by atoms with Gasteiger partial charge in [-0.2, -0.15) is 0 Å². The van der Waals surface area contributed by atoms with E-state index in [1.54, 1.807) is 0 Å². The Morgan fingerprint density at radius 2 is 2.21 bits per heavy atom. The second-order valence-electron chi connectivity index (χ2n) is 5.82. The fraction of sp³-hybridized carbons (Fsp3) is 0.692. The quantitative estimate of drug-likeness (QED) is 0.885. The second kappa shape index (κ2) is 5.56. The lowest BCUT2D eigenvalue weighted by atomic mass is 9.93. The summed E-state index contributed by atoms with van der Waals surface area (Å²) in [4.78, 5) is 16.6. The van der Waals surface area contributed by atoms with Gasteiger partial charge in [-0.25, -0.2) is 4.98 Å². The number of anilines is 1. The molecule has 2 atom stereocenters. The van der Waals surface area contributed by atoms with Gasteiger partial charge in [0.2, 0.25) is 5.91 Å². The number of rotatable bonds is 3. The average Bonchev–Trinajstić information content (AvgIpc) is 2.95. The van der Waals surface area contributed by atoms with Crippen LogP contribution in [0.25, 0.3) is 0 Å². The van der Waals surface area contributed by atoms with E-state index in [4.69, 9.17) is 4.74 Å². The first-order valence-electron chi connectivity index (χ1n) is 6.43. The molecule has 0 spiro atoms. The van der Waals surface area contributed by atoms with E-state index >= 15 is 0 Å². The first-order valence-corrected chi connectivity index (χ1v) is 7.31. The van der Waals surface area contributed by atoms with E-state index in [2.05, 4.69) is 36.4 Å². The number of carbonyl (C=O) groups excluding carboxylic acids is 1. The maximum atomic E-state index is 12.2. The predicted molar refractivity (Wildman–Crippen MR) is 76.6 cm³/mol. The molecule has 2 unspecified atom stereocenters. The van der Waals surface area contributed by atoms with Gasteiger partial charge in [-0.15, -0.1) is 11.3 Å². The van der Waals surface area contributed by atoms with Crippen LogP contribution in [-0.2, 0) is 14.9 Å². The summed E-state index contributed by atoms with van der Waals surface area (Å²) in [6.07, 6.45) is 0. The van der Waals surface area contributed by atoms with E-state index in [1.807, 2.05) is 12.4 Å². The maximum Gasteiger partial charge on any atom is 0.233 e. The van der Waals surface area contributed by atoms with E-state index in [1.165, 1.54) is 11.3 Å². The minimum absolute atomic E-state index is 0.00343. The lowest BCUT2D eigenvalue weighted by molar-refractivity contribution is -0.120. The predicted octanol–water partition coefficient (Wildman–Crippen LogP) is 1.61. The van der Waals surface area contributed by atoms with Crippen molar-refractivity contribution in [3.05, 3.63) is 11.1 Å². The van der Waals surface area contributed by atoms with Crippen molar-refractivity contribution >= 4 is 22.4 Å². The molecule has 1 aromatic rings. The zero-order chi connectivity index (χ0) is 14.0. The minimum atomic E-state index is -0.146. The molecule has 0 aromatic carbocycles. The van der Waals surface area contributed by atoms with Gasteiger partial charge in [-0.1, -0.05) is 20.8 Å². The minimum Gasteiger partial charge on any atom is -0.379 e. The molecule has 2 heterocycles. The highest BCUT2D eigenvalue weighted by Gasteiger charge is 2.33. The Morgan fingerprint density at radius 3 is 2.79 bits per heavy atom. The molecular weight excluding hydrogens is 262 g/mol. The topological polar surface area (TPSA) is 63.2 Å². The molecule has 0 radical (unpaired) electrons. The van der Waals surface area contributed by atoms with Crippen molar-refractivity contribution in [2.24, 2.45) is 5.92 Å². The zero-order valence-corrected chi connectivity index (χ0v) is 12.6. The zero-order valence-electron chi connectivity index (χ0n) is 11.8. The number of hydrogen-bond donors (Lipinski definition) is 2. The monoisotopic (exact) mass is 283 g/mol. The molecule has 106 valence electrons. The Kier molecular flexibility index (Phi) is 4.23. The van der Waals surface area contributed by atoms with E-state index in [0.717, 1.165) is 5.69 Å². The molecule has 1 saturated heterocycles. The van der Waals surface area contributed by atoms with Crippen molar-refractivity contribution in [1.29, 1.82) is 0 Å². The Hall–Kier alpha value is -0.980. The van der Waals surface area contributed by atoms with Gasteiger partial charge >= 0.3 is 0 Å². The molecule has 1 fully saturated rings. The van der Waals surface area contributed by atoms with Crippen LogP contribution in [0.4, 0.5) is 5.13 Å². The molecular formula is C13H21N3O2S. The molecule has 2 rings (SSSR count). The number of ether oxygens (including phenoxy) is 1. The van der Waals surface area contributed by atoms with Gasteiger partial charge in [0, 0.05) is 16.8 Å². The van der Waals surface area contributed by atoms with E-state index in [0.29, 0.717) is 18.3 Å². The largest absolute Gasteiger partial charge is 0.379 e. The van der Waals surface area contributed by atoms with Crippen molar-refractivity contribution in [2.45, 2.75) is 32.2 Å². The third-order valence-electron chi connectivity index (χ3n) is 3.29. The molecule has 1 aliphatic rings. The molecule has 6 heteroatoms. The van der Waals surface area contributed by atoms with Crippen molar-refractivity contribution in [2.75, 3.05) is 25.6 Å². The Labute approximate surface area is 117 Å². The van der Waals surface area contributed by atoms with E-state index in [-0.39, 0.29) is 23.3 Å². The van der Waals surface area contributed by atoms with E-state index in [9.17, 15) is 4.79 Å². The molecule has 2 N–H and O–H groups in total. The number of amides is 1. The van der Waals surface area contributed by atoms with Crippen LogP contribution in [-0.4, -0.2) is 37.2 Å². The van der Waals surface area contributed by atoms with Crippen LogP contribution >= 0.6 is 11.3 Å². The number of carbonyl (C=O) groups is 1. The molecule has 1 amide bonds. The number of thiazole rings is 1. The standard InChI is InChI=1S/C13H21N3O2S/c1-13(2,3)10-7-19-12(15-10)16-11(17)8-5-18-6-9(8)14-4/h7-9,14H,5-6H2,1-4H3,(H,15,16,17). The number of hydrogen-bond acceptors (Lipinski definition) is 5. The van der Waals surface area contributed by atoms with Gasteiger partial charge in [-0.05, 0) is 7.05 Å². The van der Waals surface area contributed by atoms with E-state index < -0.39 is 0 Å². The smallest absolute Gasteiger partial charge is 0.233 e. The lowest BCUT2D eigenvalue weighted by Crippen LogP contribution is -2.39. The Morgan fingerprint density at radius 1 is 1.47 bits per heavy atom. The highest BCUT2D eigenvalue weighted by molar-refractivity contribution is 7.13. The van der Waals surface area contributed by atoms with Gasteiger partial charge in [0.25, 0.3) is 0 Å². The summed E-state index contributed by atoms with van der Waals surface area (Å²) in [6.45, 7) is 7.37. The summed E-state index contributed by atoms with van der Waals surface area (Å²) in [5.41, 5.74) is 1.00. The average molecular weight is 283 g/mol. The summed E-state index contributed by atoms with van der Waals surface area (Å²) >= 11 is 1.47. The molecule has 0 aliphatic carbocycles. The third-order valence-corrected chi connectivity index (χ3v) is 4.05. The molecule has 1 aromatic heterocycles. The van der Waals surface area contributed by atoms with Crippen molar-refractivity contribution in [1.82, 2.24) is 10.3 Å². The van der Waals surface area contributed by atoms with Crippen LogP contribution < -0.4 is 10.6 Å². The van der Waals surface area contributed by atoms with Crippen LogP contribution in [0.3, 0.4) is 0 Å². The summed E-state index contributed by atoms with van der Waals surface area (Å²) in [6, 6.07) is 0.0852. The Bertz CT molecular complexity index is 453. The van der Waals surface area contributed by atoms with Crippen molar-refractivity contribution in [3.8, 4) is 0 Å². The molecule has 1 aliphatic heterocycles. The molecule has 0 saturated carbocycles. The number of aromatic nitrogens is 1. The SMILES string of the molecule is CNC1COCC1C(=O)Nc1nc(C(C)(C)C)cs1. The second-order valence-corrected chi connectivity index (χ2v) is 6.67. The Balaban J connectivity index is 2.01. The van der Waals surface area contributed by atoms with Crippen LogP contribution in [0, 0.1) is 5.92 Å². The van der Waals surface area contributed by atoms with Crippen molar-refractivity contribution in [3.63, 3.8) is 0 Å². The first kappa shape index (κ1) is 14.4. The fourth-order valence-electron chi connectivity index (χ4n) is 1.97. The summed E-state index contributed by atoms with van der Waals surface area (Å²) in [7, 11) is 1.85. The lowest BCUT2D eigenvalue weighted by Gasteiger charge is -2.16. The number of nitrogens with zero attached hydrogens (tertiary/aromatic N) is 1. The summed E-state index contributed by atoms with van der Waals surface area (Å²) < 4.78 is 5.34. The van der Waals surface area contributed by atoms with Gasteiger partial charge in [-0.3, -0.25) is 4.79 Å². The fourth-order valence-corrected chi connectivity index (χ4v) is 2.91. The number of likely N-dealkylation sites (N-methyl/N-ethyl adjacent to an activating group) is 1. The van der Waals surface area contributed by atoms with Crippen LogP contribution in [0.1, 0.15) is 26.5 Å². The number of nitrogens with one attached hydrogen (secondary N) is 2. The normalized spacial score (nSPS) is 23.6. The first-order chi connectivity index (χ1) is 8.91. The molecule has 0 bridgehead atoms. The highest BCUT2D eigenvalue weighted by Crippen LogP contribution is 2.27. The summed E-state index contributed by atoms with van der Waals surface area (Å²) in [5, 5.41) is 8.66. The molecule has 5 nitrogen and oxygen atoms in total. The van der Waals surface area contributed by atoms with Crippen LogP contribution in [0.5, 0.6) is 0 Å². The third kappa shape index (κ3) is 3.32. The van der Waals surface area contributed by atoms with Gasteiger partial charge < -0.3 is 15.4 Å².